The summed E-state index contributed by atoms with van der Waals surface area (Å²) in [7, 11) is -3.99. The molecule has 3 rings (SSSR count). The lowest BCUT2D eigenvalue weighted by Gasteiger charge is -2.11. The number of benzene rings is 2. The second-order valence-corrected chi connectivity index (χ2v) is 8.47. The molecule has 7 nitrogen and oxygen atoms in total. The fraction of sp³-hybridized carbons (Fsp3) is 0.143. The van der Waals surface area contributed by atoms with Gasteiger partial charge in [0.15, 0.2) is 0 Å². The van der Waals surface area contributed by atoms with Gasteiger partial charge >= 0.3 is 6.18 Å². The Balaban J connectivity index is 1.66. The normalized spacial score (nSPS) is 11.7. The van der Waals surface area contributed by atoms with Crippen LogP contribution in [0.4, 0.5) is 18.9 Å². The van der Waals surface area contributed by atoms with Crippen molar-refractivity contribution in [3.8, 4) is 0 Å². The van der Waals surface area contributed by atoms with Crippen LogP contribution in [0.3, 0.4) is 0 Å². The number of anilines is 1. The predicted molar refractivity (Wildman–Crippen MR) is 112 cm³/mol. The molecule has 1 heterocycles. The second kappa shape index (κ2) is 9.27. The first kappa shape index (κ1) is 23.1. The Kier molecular flexibility index (Phi) is 6.68. The maximum Gasteiger partial charge on any atom is 0.405 e. The number of nitrogens with zero attached hydrogens (tertiary/aromatic N) is 1. The Morgan fingerprint density at radius 1 is 0.938 bits per heavy atom. The maximum absolute atomic E-state index is 12.6. The van der Waals surface area contributed by atoms with Crippen molar-refractivity contribution in [2.24, 2.45) is 0 Å². The third kappa shape index (κ3) is 6.20. The van der Waals surface area contributed by atoms with Crippen LogP contribution in [0.5, 0.6) is 0 Å². The summed E-state index contributed by atoms with van der Waals surface area (Å²) in [5.41, 5.74) is 0.804. The van der Waals surface area contributed by atoms with Crippen molar-refractivity contribution in [2.75, 3.05) is 11.3 Å². The lowest BCUT2D eigenvalue weighted by atomic mass is 10.2. The van der Waals surface area contributed by atoms with Crippen molar-refractivity contribution < 1.29 is 26.4 Å². The number of sulfonamides is 1. The van der Waals surface area contributed by atoms with E-state index in [1.54, 1.807) is 47.9 Å². The molecule has 168 valence electrons. The number of hydrogen-bond donors (Lipinski definition) is 2. The van der Waals surface area contributed by atoms with Gasteiger partial charge in [-0.2, -0.15) is 13.2 Å². The molecular formula is C21H18F3N3O4S. The van der Waals surface area contributed by atoms with Crippen LogP contribution in [-0.4, -0.2) is 31.6 Å². The standard InChI is InChI=1S/C21H18F3N3O4S/c22-21(23,24)14-25-20(29)16-6-10-18(11-7-16)32(30,31)26-17-8-4-15(5-9-17)13-27-12-2-1-3-19(27)28/h1-12,26H,13-14H2,(H,25,29). The maximum atomic E-state index is 12.6. The van der Waals surface area contributed by atoms with E-state index in [4.69, 9.17) is 0 Å². The van der Waals surface area contributed by atoms with E-state index in [2.05, 4.69) is 4.72 Å². The minimum absolute atomic E-state index is 0.103. The van der Waals surface area contributed by atoms with Gasteiger partial charge in [0, 0.05) is 23.5 Å². The molecule has 0 spiro atoms. The number of rotatable bonds is 7. The summed E-state index contributed by atoms with van der Waals surface area (Å²) in [5, 5.41) is 1.71. The molecular weight excluding hydrogens is 447 g/mol. The Hall–Kier alpha value is -3.60. The molecule has 1 aromatic heterocycles. The summed E-state index contributed by atoms with van der Waals surface area (Å²) < 4.78 is 65.6. The van der Waals surface area contributed by atoms with Crippen LogP contribution >= 0.6 is 0 Å². The molecule has 0 aliphatic rings. The number of amides is 1. The van der Waals surface area contributed by atoms with E-state index in [1.807, 2.05) is 0 Å². The van der Waals surface area contributed by atoms with Crippen LogP contribution in [0.2, 0.25) is 0 Å². The number of hydrogen-bond acceptors (Lipinski definition) is 4. The van der Waals surface area contributed by atoms with Crippen molar-refractivity contribution in [3.05, 3.63) is 94.4 Å². The summed E-state index contributed by atoms with van der Waals surface area (Å²) in [4.78, 5) is 23.3. The Morgan fingerprint density at radius 3 is 2.19 bits per heavy atom. The molecule has 2 N–H and O–H groups in total. The zero-order chi connectivity index (χ0) is 23.4. The highest BCUT2D eigenvalue weighted by Crippen LogP contribution is 2.18. The van der Waals surface area contributed by atoms with Gasteiger partial charge in [0.2, 0.25) is 0 Å². The smallest absolute Gasteiger partial charge is 0.343 e. The number of carbonyl (C=O) groups excluding carboxylic acids is 1. The van der Waals surface area contributed by atoms with Crippen molar-refractivity contribution in [1.29, 1.82) is 0 Å². The van der Waals surface area contributed by atoms with Crippen molar-refractivity contribution in [1.82, 2.24) is 9.88 Å². The van der Waals surface area contributed by atoms with Gasteiger partial charge in [0.25, 0.3) is 21.5 Å². The van der Waals surface area contributed by atoms with Crippen molar-refractivity contribution >= 4 is 21.6 Å². The molecule has 0 saturated heterocycles. The summed E-state index contributed by atoms with van der Waals surface area (Å²) in [6.45, 7) is -1.16. The number of alkyl halides is 3. The molecule has 0 atom stereocenters. The third-order valence-corrected chi connectivity index (χ3v) is 5.73. The highest BCUT2D eigenvalue weighted by Gasteiger charge is 2.28. The second-order valence-electron chi connectivity index (χ2n) is 6.79. The van der Waals surface area contributed by atoms with E-state index in [0.29, 0.717) is 6.54 Å². The monoisotopic (exact) mass is 465 g/mol. The quantitative estimate of drug-likeness (QED) is 0.561. The predicted octanol–water partition coefficient (Wildman–Crippen LogP) is 2.99. The van der Waals surface area contributed by atoms with E-state index in [-0.39, 0.29) is 21.7 Å². The van der Waals surface area contributed by atoms with Gasteiger partial charge in [-0.05, 0) is 48.0 Å². The molecule has 1 amide bonds. The number of carbonyl (C=O) groups is 1. The van der Waals surface area contributed by atoms with E-state index >= 15 is 0 Å². The average molecular weight is 465 g/mol. The van der Waals surface area contributed by atoms with Gasteiger partial charge in [-0.25, -0.2) is 8.42 Å². The van der Waals surface area contributed by atoms with Gasteiger partial charge in [-0.3, -0.25) is 14.3 Å². The van der Waals surface area contributed by atoms with Crippen LogP contribution in [0.15, 0.2) is 82.6 Å². The molecule has 0 radical (unpaired) electrons. The fourth-order valence-corrected chi connectivity index (χ4v) is 3.81. The Labute approximate surface area is 181 Å². The summed E-state index contributed by atoms with van der Waals surface area (Å²) in [6, 6.07) is 15.7. The van der Waals surface area contributed by atoms with Crippen molar-refractivity contribution in [3.63, 3.8) is 0 Å². The first-order chi connectivity index (χ1) is 15.0. The molecule has 0 aliphatic heterocycles. The largest absolute Gasteiger partial charge is 0.405 e. The van der Waals surface area contributed by atoms with E-state index < -0.39 is 28.7 Å². The number of aromatic nitrogens is 1. The summed E-state index contributed by atoms with van der Waals surface area (Å²) >= 11 is 0. The van der Waals surface area contributed by atoms with Crippen LogP contribution in [0, 0.1) is 0 Å². The molecule has 32 heavy (non-hydrogen) atoms. The van der Waals surface area contributed by atoms with Gasteiger partial charge in [0.1, 0.15) is 6.54 Å². The first-order valence-electron chi connectivity index (χ1n) is 9.26. The topological polar surface area (TPSA) is 97.3 Å². The molecule has 0 fully saturated rings. The number of pyridine rings is 1. The fourth-order valence-electron chi connectivity index (χ4n) is 2.75. The molecule has 0 saturated carbocycles. The molecule has 3 aromatic rings. The SMILES string of the molecule is O=C(NCC(F)(F)F)c1ccc(S(=O)(=O)Nc2ccc(Cn3ccccc3=O)cc2)cc1. The average Bonchev–Trinajstić information content (AvgIpc) is 2.74. The van der Waals surface area contributed by atoms with Crippen LogP contribution in [-0.2, 0) is 16.6 Å². The highest BCUT2D eigenvalue weighted by atomic mass is 32.2. The zero-order valence-electron chi connectivity index (χ0n) is 16.5. The lowest BCUT2D eigenvalue weighted by Crippen LogP contribution is -2.33. The molecule has 0 bridgehead atoms. The number of nitrogens with one attached hydrogen (secondary N) is 2. The molecule has 0 unspecified atom stereocenters. The van der Waals surface area contributed by atoms with E-state index in [1.165, 1.54) is 10.6 Å². The summed E-state index contributed by atoms with van der Waals surface area (Å²) in [5.74, 6) is -0.965. The minimum atomic E-state index is -4.55. The molecule has 0 aliphatic carbocycles. The van der Waals surface area contributed by atoms with Gasteiger partial charge in [-0.15, -0.1) is 0 Å². The van der Waals surface area contributed by atoms with Crippen LogP contribution in [0.1, 0.15) is 15.9 Å². The van der Waals surface area contributed by atoms with Crippen molar-refractivity contribution in [2.45, 2.75) is 17.6 Å². The first-order valence-corrected chi connectivity index (χ1v) is 10.7. The molecule has 2 aromatic carbocycles. The van der Waals surface area contributed by atoms with Gasteiger partial charge in [0.05, 0.1) is 11.4 Å². The van der Waals surface area contributed by atoms with E-state index in [9.17, 15) is 31.2 Å². The van der Waals surface area contributed by atoms with Gasteiger partial charge in [-0.1, -0.05) is 18.2 Å². The Bertz CT molecular complexity index is 1250. The van der Waals surface area contributed by atoms with Crippen LogP contribution < -0.4 is 15.6 Å². The van der Waals surface area contributed by atoms with Crippen LogP contribution in [0.25, 0.3) is 0 Å². The minimum Gasteiger partial charge on any atom is -0.343 e. The van der Waals surface area contributed by atoms with E-state index in [0.717, 1.165) is 29.8 Å². The zero-order valence-corrected chi connectivity index (χ0v) is 17.3. The summed E-state index contributed by atoms with van der Waals surface area (Å²) in [6.07, 6.45) is -2.90. The van der Waals surface area contributed by atoms with Gasteiger partial charge < -0.3 is 9.88 Å². The highest BCUT2D eigenvalue weighted by molar-refractivity contribution is 7.92. The third-order valence-electron chi connectivity index (χ3n) is 4.33. The molecule has 11 heteroatoms. The Morgan fingerprint density at radius 2 is 1.59 bits per heavy atom. The lowest BCUT2D eigenvalue weighted by molar-refractivity contribution is -0.123. The number of halogens is 3.